The minimum absolute atomic E-state index is 0.0968. The molecule has 24 heavy (non-hydrogen) atoms. The van der Waals surface area contributed by atoms with Crippen LogP contribution in [0.4, 0.5) is 0 Å². The molecule has 1 saturated heterocycles. The third-order valence-electron chi connectivity index (χ3n) is 3.96. The van der Waals surface area contributed by atoms with Gasteiger partial charge in [-0.3, -0.25) is 4.79 Å². The average Bonchev–Trinajstić information content (AvgIpc) is 2.52. The predicted octanol–water partition coefficient (Wildman–Crippen LogP) is 3.45. The molecule has 1 aromatic carbocycles. The first-order valence-corrected chi connectivity index (χ1v) is 8.78. The number of benzene rings is 1. The number of rotatable bonds is 7. The molecular formula is C17H21Cl2NO4. The number of carboxylic acid groups (broad SMARTS) is 1. The van der Waals surface area contributed by atoms with Gasteiger partial charge in [0.1, 0.15) is 6.04 Å². The van der Waals surface area contributed by atoms with Gasteiger partial charge < -0.3 is 15.2 Å². The molecule has 1 heterocycles. The van der Waals surface area contributed by atoms with E-state index in [1.165, 1.54) is 0 Å². The maximum absolute atomic E-state index is 12.0. The van der Waals surface area contributed by atoms with Gasteiger partial charge in [0.15, 0.2) is 0 Å². The maximum Gasteiger partial charge on any atom is 0.326 e. The van der Waals surface area contributed by atoms with Gasteiger partial charge >= 0.3 is 5.97 Å². The average molecular weight is 374 g/mol. The summed E-state index contributed by atoms with van der Waals surface area (Å²) in [5, 5.41) is 12.8. The first-order valence-electron chi connectivity index (χ1n) is 8.03. The van der Waals surface area contributed by atoms with Crippen molar-refractivity contribution in [1.29, 1.82) is 0 Å². The van der Waals surface area contributed by atoms with E-state index in [2.05, 4.69) is 5.32 Å². The largest absolute Gasteiger partial charge is 0.480 e. The molecule has 2 unspecified atom stereocenters. The van der Waals surface area contributed by atoms with Crippen molar-refractivity contribution in [2.24, 2.45) is 0 Å². The third kappa shape index (κ3) is 6.30. The van der Waals surface area contributed by atoms with E-state index in [-0.39, 0.29) is 24.9 Å². The molecule has 2 atom stereocenters. The quantitative estimate of drug-likeness (QED) is 0.767. The van der Waals surface area contributed by atoms with Gasteiger partial charge in [0.25, 0.3) is 0 Å². The smallest absolute Gasteiger partial charge is 0.326 e. The van der Waals surface area contributed by atoms with Crippen LogP contribution in [0.25, 0.3) is 0 Å². The summed E-state index contributed by atoms with van der Waals surface area (Å²) in [5.74, 6) is -1.38. The molecule has 1 aliphatic rings. The molecule has 2 rings (SSSR count). The Hall–Kier alpha value is -1.30. The molecular weight excluding hydrogens is 353 g/mol. The minimum Gasteiger partial charge on any atom is -0.480 e. The highest BCUT2D eigenvalue weighted by molar-refractivity contribution is 6.34. The standard InChI is InChI=1S/C17H21Cl2NO4/c18-12-7-11(8-13(19)10-12)9-15(17(22)23)20-16(21)5-4-14-3-1-2-6-24-14/h7-8,10,14-15H,1-6,9H2,(H,20,21)(H,22,23). The summed E-state index contributed by atoms with van der Waals surface area (Å²) in [7, 11) is 0. The zero-order valence-corrected chi connectivity index (χ0v) is 14.8. The molecule has 0 spiro atoms. The van der Waals surface area contributed by atoms with Crippen LogP contribution in [0.3, 0.4) is 0 Å². The van der Waals surface area contributed by atoms with Crippen molar-refractivity contribution < 1.29 is 19.4 Å². The Kier molecular flexibility index (Phi) is 7.34. The highest BCUT2D eigenvalue weighted by atomic mass is 35.5. The molecule has 1 aromatic rings. The van der Waals surface area contributed by atoms with E-state index in [9.17, 15) is 14.7 Å². The Morgan fingerprint density at radius 2 is 1.96 bits per heavy atom. The Bertz CT molecular complexity index is 568. The predicted molar refractivity (Wildman–Crippen MR) is 92.6 cm³/mol. The second kappa shape index (κ2) is 9.25. The molecule has 0 radical (unpaired) electrons. The highest BCUT2D eigenvalue weighted by Crippen LogP contribution is 2.20. The number of carbonyl (C=O) groups excluding carboxylic acids is 1. The van der Waals surface area contributed by atoms with Gasteiger partial charge in [0.2, 0.25) is 5.91 Å². The van der Waals surface area contributed by atoms with E-state index >= 15 is 0 Å². The monoisotopic (exact) mass is 373 g/mol. The van der Waals surface area contributed by atoms with Gasteiger partial charge in [-0.25, -0.2) is 4.79 Å². The number of ether oxygens (including phenoxy) is 1. The summed E-state index contributed by atoms with van der Waals surface area (Å²) >= 11 is 11.8. The van der Waals surface area contributed by atoms with Crippen LogP contribution in [-0.4, -0.2) is 35.7 Å². The SMILES string of the molecule is O=C(CCC1CCCCO1)NC(Cc1cc(Cl)cc(Cl)c1)C(=O)O. The molecule has 0 aliphatic carbocycles. The number of nitrogens with one attached hydrogen (secondary N) is 1. The van der Waals surface area contributed by atoms with Crippen LogP contribution in [0.5, 0.6) is 0 Å². The van der Waals surface area contributed by atoms with Crippen LogP contribution < -0.4 is 5.32 Å². The highest BCUT2D eigenvalue weighted by Gasteiger charge is 2.22. The zero-order valence-electron chi connectivity index (χ0n) is 13.3. The lowest BCUT2D eigenvalue weighted by atomic mass is 10.0. The van der Waals surface area contributed by atoms with E-state index in [0.717, 1.165) is 25.9 Å². The lowest BCUT2D eigenvalue weighted by Gasteiger charge is -2.22. The van der Waals surface area contributed by atoms with Gasteiger partial charge in [-0.1, -0.05) is 23.2 Å². The van der Waals surface area contributed by atoms with Crippen LogP contribution in [0.15, 0.2) is 18.2 Å². The van der Waals surface area contributed by atoms with Crippen LogP contribution in [0.1, 0.15) is 37.7 Å². The number of amides is 1. The molecule has 0 saturated carbocycles. The van der Waals surface area contributed by atoms with Gasteiger partial charge in [0, 0.05) is 29.5 Å². The number of carboxylic acids is 1. The third-order valence-corrected chi connectivity index (χ3v) is 4.40. The van der Waals surface area contributed by atoms with Crippen LogP contribution in [0, 0.1) is 0 Å². The van der Waals surface area contributed by atoms with Crippen LogP contribution in [0.2, 0.25) is 10.0 Å². The number of halogens is 2. The molecule has 1 fully saturated rings. The Labute approximate surface area is 151 Å². The van der Waals surface area contributed by atoms with Crippen molar-refractivity contribution in [3.63, 3.8) is 0 Å². The van der Waals surface area contributed by atoms with Crippen LogP contribution in [-0.2, 0) is 20.7 Å². The Balaban J connectivity index is 1.87. The topological polar surface area (TPSA) is 75.6 Å². The van der Waals surface area contributed by atoms with Gasteiger partial charge in [0.05, 0.1) is 6.10 Å². The first-order chi connectivity index (χ1) is 11.4. The van der Waals surface area contributed by atoms with Crippen molar-refractivity contribution in [2.45, 2.75) is 50.7 Å². The lowest BCUT2D eigenvalue weighted by Crippen LogP contribution is -2.42. The van der Waals surface area contributed by atoms with Crippen molar-refractivity contribution >= 4 is 35.1 Å². The fraction of sp³-hybridized carbons (Fsp3) is 0.529. The molecule has 0 bridgehead atoms. The van der Waals surface area contributed by atoms with Crippen molar-refractivity contribution in [1.82, 2.24) is 5.32 Å². The lowest BCUT2D eigenvalue weighted by molar-refractivity contribution is -0.141. The molecule has 5 nitrogen and oxygen atoms in total. The van der Waals surface area contributed by atoms with Crippen molar-refractivity contribution in [2.75, 3.05) is 6.61 Å². The second-order valence-corrected chi connectivity index (χ2v) is 6.84. The fourth-order valence-electron chi connectivity index (χ4n) is 2.76. The molecule has 0 aromatic heterocycles. The fourth-order valence-corrected chi connectivity index (χ4v) is 3.33. The summed E-state index contributed by atoms with van der Waals surface area (Å²) in [6, 6.07) is 3.85. The summed E-state index contributed by atoms with van der Waals surface area (Å²) in [6.45, 7) is 0.736. The van der Waals surface area contributed by atoms with Crippen molar-refractivity contribution in [3.05, 3.63) is 33.8 Å². The molecule has 1 amide bonds. The van der Waals surface area contributed by atoms with Gasteiger partial charge in [-0.2, -0.15) is 0 Å². The summed E-state index contributed by atoms with van der Waals surface area (Å²) < 4.78 is 5.58. The molecule has 132 valence electrons. The first kappa shape index (κ1) is 19.0. The van der Waals surface area contributed by atoms with E-state index in [1.807, 2.05) is 0 Å². The van der Waals surface area contributed by atoms with E-state index in [1.54, 1.807) is 18.2 Å². The minimum atomic E-state index is -1.09. The molecule has 2 N–H and O–H groups in total. The zero-order chi connectivity index (χ0) is 17.5. The van der Waals surface area contributed by atoms with E-state index in [4.69, 9.17) is 27.9 Å². The van der Waals surface area contributed by atoms with Crippen LogP contribution >= 0.6 is 23.2 Å². The van der Waals surface area contributed by atoms with Gasteiger partial charge in [-0.05, 0) is 49.4 Å². The summed E-state index contributed by atoms with van der Waals surface area (Å²) in [6.07, 6.45) is 4.22. The molecule has 1 aliphatic heterocycles. The summed E-state index contributed by atoms with van der Waals surface area (Å²) in [5.41, 5.74) is 0.663. The second-order valence-electron chi connectivity index (χ2n) is 5.97. The van der Waals surface area contributed by atoms with E-state index < -0.39 is 12.0 Å². The number of hydrogen-bond donors (Lipinski definition) is 2. The number of hydrogen-bond acceptors (Lipinski definition) is 3. The van der Waals surface area contributed by atoms with E-state index in [0.29, 0.717) is 22.0 Å². The van der Waals surface area contributed by atoms with Gasteiger partial charge in [-0.15, -0.1) is 0 Å². The number of carbonyl (C=O) groups is 2. The summed E-state index contributed by atoms with van der Waals surface area (Å²) in [4.78, 5) is 23.5. The Morgan fingerprint density at radius 1 is 1.25 bits per heavy atom. The molecule has 7 heteroatoms. The number of aliphatic carboxylic acids is 1. The maximum atomic E-state index is 12.0. The normalized spacial score (nSPS) is 18.8. The Morgan fingerprint density at radius 3 is 2.54 bits per heavy atom. The van der Waals surface area contributed by atoms with Crippen molar-refractivity contribution in [3.8, 4) is 0 Å².